The number of urea groups is 1. The maximum Gasteiger partial charge on any atom is 0.325 e. The zero-order chi connectivity index (χ0) is 12.6. The molecule has 0 bridgehead atoms. The Labute approximate surface area is 93.4 Å². The molecule has 0 atom stereocenters. The van der Waals surface area contributed by atoms with E-state index in [4.69, 9.17) is 5.11 Å². The lowest BCUT2D eigenvalue weighted by molar-refractivity contribution is -0.141. The number of nitrogens with zero attached hydrogens (tertiary/aromatic N) is 1. The van der Waals surface area contributed by atoms with Gasteiger partial charge in [0.2, 0.25) is 0 Å². The van der Waals surface area contributed by atoms with Gasteiger partial charge in [-0.1, -0.05) is 0 Å². The summed E-state index contributed by atoms with van der Waals surface area (Å²) in [5, 5.41) is 10.8. The Hall–Kier alpha value is -1.79. The maximum absolute atomic E-state index is 11.4. The first-order valence-corrected chi connectivity index (χ1v) is 4.91. The molecule has 0 saturated heterocycles. The van der Waals surface area contributed by atoms with Crippen molar-refractivity contribution >= 4 is 18.0 Å². The highest BCUT2D eigenvalue weighted by Gasteiger charge is 2.15. The number of likely N-dealkylation sites (N-methyl/N-ethyl adjacent to an activating group) is 1. The zero-order valence-corrected chi connectivity index (χ0v) is 9.36. The summed E-state index contributed by atoms with van der Waals surface area (Å²) in [5.41, 5.74) is 0. The van der Waals surface area contributed by atoms with Crippen LogP contribution in [0.5, 0.6) is 0 Å². The maximum atomic E-state index is 11.4. The number of carboxylic acids is 1. The molecule has 7 nitrogen and oxygen atoms in total. The second-order valence-electron chi connectivity index (χ2n) is 2.87. The minimum atomic E-state index is -1.10. The Balaban J connectivity index is 4.02. The highest BCUT2D eigenvalue weighted by molar-refractivity contribution is 5.83. The van der Waals surface area contributed by atoms with E-state index < -0.39 is 24.5 Å². The fourth-order valence-electron chi connectivity index (χ4n) is 0.962. The van der Waals surface area contributed by atoms with Crippen LogP contribution in [0.2, 0.25) is 0 Å². The van der Waals surface area contributed by atoms with Gasteiger partial charge in [-0.3, -0.25) is 9.59 Å². The molecule has 0 aromatic rings. The highest BCUT2D eigenvalue weighted by atomic mass is 16.5. The molecular formula is C9H16N2O5. The van der Waals surface area contributed by atoms with E-state index in [2.05, 4.69) is 10.1 Å². The van der Waals surface area contributed by atoms with E-state index in [0.717, 1.165) is 4.90 Å². The number of rotatable bonds is 6. The molecule has 0 saturated carbocycles. The van der Waals surface area contributed by atoms with Crippen molar-refractivity contribution in [3.63, 3.8) is 0 Å². The largest absolute Gasteiger partial charge is 0.480 e. The fraction of sp³-hybridized carbons (Fsp3) is 0.667. The standard InChI is InChI=1S/C9H16N2O5/c1-3-11(6-7(12)13)9(15)10-5-8(14)16-4-2/h3-6H2,1-2H3,(H,10,15)(H,12,13). The third-order valence-electron chi connectivity index (χ3n) is 1.68. The molecule has 0 aromatic heterocycles. The molecule has 16 heavy (non-hydrogen) atoms. The SMILES string of the molecule is CCOC(=O)CNC(=O)N(CC)CC(=O)O. The number of carboxylic acid groups (broad SMARTS) is 1. The first kappa shape index (κ1) is 14.2. The molecule has 92 valence electrons. The van der Waals surface area contributed by atoms with Crippen LogP contribution in [0, 0.1) is 0 Å². The second-order valence-corrected chi connectivity index (χ2v) is 2.87. The van der Waals surface area contributed by atoms with Gasteiger partial charge in [-0.15, -0.1) is 0 Å². The Kier molecular flexibility index (Phi) is 6.66. The van der Waals surface area contributed by atoms with Gasteiger partial charge >= 0.3 is 18.0 Å². The van der Waals surface area contributed by atoms with E-state index in [1.807, 2.05) is 0 Å². The molecular weight excluding hydrogens is 216 g/mol. The van der Waals surface area contributed by atoms with Crippen molar-refractivity contribution in [2.24, 2.45) is 0 Å². The molecule has 0 unspecified atom stereocenters. The zero-order valence-electron chi connectivity index (χ0n) is 9.36. The quantitative estimate of drug-likeness (QED) is 0.611. The van der Waals surface area contributed by atoms with Crippen LogP contribution in [0.15, 0.2) is 0 Å². The summed E-state index contributed by atoms with van der Waals surface area (Å²) in [7, 11) is 0. The molecule has 0 aliphatic heterocycles. The van der Waals surface area contributed by atoms with Crippen molar-refractivity contribution in [3.05, 3.63) is 0 Å². The van der Waals surface area contributed by atoms with Gasteiger partial charge in [0.25, 0.3) is 0 Å². The Bertz CT molecular complexity index is 267. The van der Waals surface area contributed by atoms with Gasteiger partial charge in [0.1, 0.15) is 13.1 Å². The van der Waals surface area contributed by atoms with Crippen LogP contribution in [0.1, 0.15) is 13.8 Å². The number of carbonyl (C=O) groups is 3. The van der Waals surface area contributed by atoms with Crippen molar-refractivity contribution < 1.29 is 24.2 Å². The lowest BCUT2D eigenvalue weighted by Crippen LogP contribution is -2.44. The summed E-state index contributed by atoms with van der Waals surface area (Å²) in [5.74, 6) is -1.66. The Morgan fingerprint density at radius 3 is 2.38 bits per heavy atom. The van der Waals surface area contributed by atoms with Crippen molar-refractivity contribution in [3.8, 4) is 0 Å². The van der Waals surface area contributed by atoms with E-state index in [9.17, 15) is 14.4 Å². The number of ether oxygens (including phenoxy) is 1. The van der Waals surface area contributed by atoms with Gasteiger partial charge in [0.05, 0.1) is 6.61 Å². The molecule has 0 aliphatic rings. The predicted molar refractivity (Wildman–Crippen MR) is 54.9 cm³/mol. The molecule has 7 heteroatoms. The Morgan fingerprint density at radius 1 is 1.31 bits per heavy atom. The fourth-order valence-corrected chi connectivity index (χ4v) is 0.962. The van der Waals surface area contributed by atoms with Gasteiger partial charge < -0.3 is 20.1 Å². The molecule has 0 aliphatic carbocycles. The van der Waals surface area contributed by atoms with Gasteiger partial charge in [-0.2, -0.15) is 0 Å². The van der Waals surface area contributed by atoms with Crippen LogP contribution in [0.4, 0.5) is 4.79 Å². The van der Waals surface area contributed by atoms with E-state index in [-0.39, 0.29) is 19.7 Å². The number of aliphatic carboxylic acids is 1. The third-order valence-corrected chi connectivity index (χ3v) is 1.68. The molecule has 0 spiro atoms. The Morgan fingerprint density at radius 2 is 1.94 bits per heavy atom. The molecule has 2 N–H and O–H groups in total. The minimum Gasteiger partial charge on any atom is -0.480 e. The van der Waals surface area contributed by atoms with Crippen LogP contribution in [-0.2, 0) is 14.3 Å². The van der Waals surface area contributed by atoms with Gasteiger partial charge in [-0.05, 0) is 13.8 Å². The van der Waals surface area contributed by atoms with Crippen LogP contribution < -0.4 is 5.32 Å². The van der Waals surface area contributed by atoms with E-state index in [1.54, 1.807) is 13.8 Å². The van der Waals surface area contributed by atoms with Crippen LogP contribution in [-0.4, -0.2) is 54.2 Å². The van der Waals surface area contributed by atoms with Crippen LogP contribution >= 0.6 is 0 Å². The average Bonchev–Trinajstić information content (AvgIpc) is 2.22. The predicted octanol–water partition coefficient (Wildman–Crippen LogP) is -0.334. The van der Waals surface area contributed by atoms with Crippen molar-refractivity contribution in [1.82, 2.24) is 10.2 Å². The summed E-state index contributed by atoms with van der Waals surface area (Å²) in [6.07, 6.45) is 0. The lowest BCUT2D eigenvalue weighted by Gasteiger charge is -2.18. The summed E-state index contributed by atoms with van der Waals surface area (Å²) in [6.45, 7) is 3.13. The van der Waals surface area contributed by atoms with Crippen LogP contribution in [0.3, 0.4) is 0 Å². The number of nitrogens with one attached hydrogen (secondary N) is 1. The molecule has 2 amide bonds. The number of amides is 2. The van der Waals surface area contributed by atoms with Crippen molar-refractivity contribution in [2.45, 2.75) is 13.8 Å². The molecule has 0 fully saturated rings. The summed E-state index contributed by atoms with van der Waals surface area (Å²) in [6, 6.07) is -0.599. The molecule has 0 heterocycles. The minimum absolute atomic E-state index is 0.237. The average molecular weight is 232 g/mol. The normalized spacial score (nSPS) is 9.38. The number of carbonyl (C=O) groups excluding carboxylic acids is 2. The summed E-state index contributed by atoms with van der Waals surface area (Å²) in [4.78, 5) is 33.7. The van der Waals surface area contributed by atoms with Crippen molar-refractivity contribution in [1.29, 1.82) is 0 Å². The number of esters is 1. The van der Waals surface area contributed by atoms with Gasteiger partial charge in [0, 0.05) is 6.54 Å². The van der Waals surface area contributed by atoms with E-state index in [0.29, 0.717) is 0 Å². The third kappa shape index (κ3) is 5.84. The monoisotopic (exact) mass is 232 g/mol. The van der Waals surface area contributed by atoms with Crippen molar-refractivity contribution in [2.75, 3.05) is 26.2 Å². The lowest BCUT2D eigenvalue weighted by atomic mass is 10.5. The molecule has 0 rings (SSSR count). The van der Waals surface area contributed by atoms with Gasteiger partial charge in [-0.25, -0.2) is 4.79 Å². The summed E-state index contributed by atoms with van der Waals surface area (Å²) >= 11 is 0. The topological polar surface area (TPSA) is 95.9 Å². The van der Waals surface area contributed by atoms with E-state index >= 15 is 0 Å². The second kappa shape index (κ2) is 7.49. The number of hydrogen-bond acceptors (Lipinski definition) is 4. The smallest absolute Gasteiger partial charge is 0.325 e. The first-order valence-electron chi connectivity index (χ1n) is 4.91. The van der Waals surface area contributed by atoms with Gasteiger partial charge in [0.15, 0.2) is 0 Å². The highest BCUT2D eigenvalue weighted by Crippen LogP contribution is 1.89. The molecule has 0 radical (unpaired) electrons. The number of hydrogen-bond donors (Lipinski definition) is 2. The molecule has 0 aromatic carbocycles. The first-order chi connectivity index (χ1) is 7.51. The van der Waals surface area contributed by atoms with Crippen LogP contribution in [0.25, 0.3) is 0 Å². The summed E-state index contributed by atoms with van der Waals surface area (Å²) < 4.78 is 4.60. The van der Waals surface area contributed by atoms with E-state index in [1.165, 1.54) is 0 Å².